The zero-order chi connectivity index (χ0) is 26.6. The molecule has 0 spiro atoms. The van der Waals surface area contributed by atoms with Gasteiger partial charge in [-0.05, 0) is 120 Å². The van der Waals surface area contributed by atoms with Crippen LogP contribution in [0.4, 0.5) is 0 Å². The molecule has 0 aliphatic carbocycles. The molecule has 0 bridgehead atoms. The lowest BCUT2D eigenvalue weighted by Gasteiger charge is -2.04. The Kier molecular flexibility index (Phi) is 13.4. The fourth-order valence-corrected chi connectivity index (χ4v) is 8.84. The van der Waals surface area contributed by atoms with Gasteiger partial charge in [-0.2, -0.15) is 0 Å². The molecule has 3 heterocycles. The van der Waals surface area contributed by atoms with Crippen LogP contribution in [0.2, 0.25) is 0 Å². The molecule has 0 unspecified atom stereocenters. The maximum atomic E-state index is 11.6. The Morgan fingerprint density at radius 3 is 1.51 bits per heavy atom. The predicted octanol–water partition coefficient (Wildman–Crippen LogP) is 10.1. The van der Waals surface area contributed by atoms with E-state index in [9.17, 15) is 9.59 Å². The first-order valence-electron chi connectivity index (χ1n) is 12.9. The number of aryl methyl sites for hydroxylation is 2. The minimum Gasteiger partial charge on any atom is -0.466 e. The molecule has 0 saturated carbocycles. The zero-order valence-corrected chi connectivity index (χ0v) is 27.0. The normalized spacial score (nSPS) is 11.1. The molecule has 37 heavy (non-hydrogen) atoms. The van der Waals surface area contributed by atoms with E-state index >= 15 is 0 Å². The highest BCUT2D eigenvalue weighted by atomic mass is 79.9. The Morgan fingerprint density at radius 2 is 1.11 bits per heavy atom. The maximum absolute atomic E-state index is 11.6. The van der Waals surface area contributed by atoms with Crippen molar-refractivity contribution in [2.75, 3.05) is 13.2 Å². The van der Waals surface area contributed by atoms with Crippen LogP contribution in [-0.2, 0) is 31.9 Å². The van der Waals surface area contributed by atoms with Gasteiger partial charge in [0.25, 0.3) is 0 Å². The second-order valence-corrected chi connectivity index (χ2v) is 14.7. The number of esters is 2. The Labute approximate surface area is 249 Å². The monoisotopic (exact) mass is 688 g/mol. The molecule has 0 aromatic carbocycles. The maximum Gasteiger partial charge on any atom is 0.305 e. The number of ether oxygens (including phenoxy) is 2. The van der Waals surface area contributed by atoms with Gasteiger partial charge in [-0.1, -0.05) is 12.8 Å². The minimum atomic E-state index is -0.0937. The summed E-state index contributed by atoms with van der Waals surface area (Å²) < 4.78 is 12.4. The molecule has 3 aromatic heterocycles. The molecule has 0 fully saturated rings. The van der Waals surface area contributed by atoms with Crippen molar-refractivity contribution in [3.8, 4) is 19.5 Å². The summed E-state index contributed by atoms with van der Waals surface area (Å²) in [6, 6.07) is 8.99. The molecule has 3 aromatic rings. The highest BCUT2D eigenvalue weighted by Crippen LogP contribution is 2.45. The van der Waals surface area contributed by atoms with Crippen molar-refractivity contribution < 1.29 is 19.1 Å². The summed E-state index contributed by atoms with van der Waals surface area (Å²) in [6.45, 7) is 4.60. The van der Waals surface area contributed by atoms with E-state index in [4.69, 9.17) is 9.47 Å². The van der Waals surface area contributed by atoms with Crippen LogP contribution in [-0.4, -0.2) is 25.2 Å². The van der Waals surface area contributed by atoms with E-state index in [1.54, 1.807) is 22.7 Å². The topological polar surface area (TPSA) is 52.6 Å². The summed E-state index contributed by atoms with van der Waals surface area (Å²) in [7, 11) is 0. The summed E-state index contributed by atoms with van der Waals surface area (Å²) in [5.74, 6) is -0.187. The van der Waals surface area contributed by atoms with Crippen LogP contribution < -0.4 is 0 Å². The quantitative estimate of drug-likeness (QED) is 0.111. The molecule has 3 rings (SSSR count). The molecular formula is C28H34Br2O4S3. The standard InChI is InChI=1S/C28H34Br2O4S3/c1-3-33-25(31)13-9-5-7-11-19-17-23(29)36-27(19)21-15-16-22(35-21)28-20(18-24(30)37-28)12-8-6-10-14-26(32)34-4-2/h15-18H,3-14H2,1-2H3. The average Bonchev–Trinajstić information content (AvgIpc) is 3.57. The van der Waals surface area contributed by atoms with E-state index in [0.29, 0.717) is 26.1 Å². The van der Waals surface area contributed by atoms with Crippen molar-refractivity contribution in [2.24, 2.45) is 0 Å². The third-order valence-corrected chi connectivity index (χ3v) is 10.7. The first kappa shape index (κ1) is 30.5. The second kappa shape index (κ2) is 16.2. The van der Waals surface area contributed by atoms with Crippen molar-refractivity contribution in [3.05, 3.63) is 43.0 Å². The second-order valence-electron chi connectivity index (χ2n) is 8.71. The van der Waals surface area contributed by atoms with Crippen molar-refractivity contribution in [1.29, 1.82) is 0 Å². The van der Waals surface area contributed by atoms with Crippen molar-refractivity contribution >= 4 is 77.8 Å². The number of hydrogen-bond donors (Lipinski definition) is 0. The fourth-order valence-electron chi connectivity index (χ4n) is 4.15. The first-order chi connectivity index (χ1) is 17.9. The summed E-state index contributed by atoms with van der Waals surface area (Å²) in [5, 5.41) is 0. The van der Waals surface area contributed by atoms with Gasteiger partial charge in [0.2, 0.25) is 0 Å². The smallest absolute Gasteiger partial charge is 0.305 e. The molecule has 0 aliphatic rings. The van der Waals surface area contributed by atoms with Crippen LogP contribution in [0.25, 0.3) is 19.5 Å². The zero-order valence-electron chi connectivity index (χ0n) is 21.4. The number of halogens is 2. The van der Waals surface area contributed by atoms with E-state index in [1.165, 1.54) is 30.6 Å². The molecule has 4 nitrogen and oxygen atoms in total. The Morgan fingerprint density at radius 1 is 0.676 bits per heavy atom. The summed E-state index contributed by atoms with van der Waals surface area (Å²) in [4.78, 5) is 28.4. The molecule has 0 amide bonds. The van der Waals surface area contributed by atoms with E-state index in [2.05, 4.69) is 56.1 Å². The molecule has 0 atom stereocenters. The van der Waals surface area contributed by atoms with E-state index in [-0.39, 0.29) is 11.9 Å². The first-order valence-corrected chi connectivity index (χ1v) is 16.9. The lowest BCUT2D eigenvalue weighted by molar-refractivity contribution is -0.144. The van der Waals surface area contributed by atoms with Crippen LogP contribution in [0.1, 0.15) is 76.3 Å². The van der Waals surface area contributed by atoms with Crippen LogP contribution in [0.5, 0.6) is 0 Å². The molecule has 0 radical (unpaired) electrons. The number of carbonyl (C=O) groups is 2. The van der Waals surface area contributed by atoms with E-state index in [0.717, 1.165) is 58.9 Å². The average molecular weight is 691 g/mol. The SMILES string of the molecule is CCOC(=O)CCCCCc1cc(Br)sc1-c1ccc(-c2sc(Br)cc2CCCCCC(=O)OCC)s1. The number of rotatable bonds is 16. The number of hydrogen-bond acceptors (Lipinski definition) is 7. The van der Waals surface area contributed by atoms with Gasteiger partial charge in [-0.3, -0.25) is 9.59 Å². The largest absolute Gasteiger partial charge is 0.466 e. The molecule has 9 heteroatoms. The van der Waals surface area contributed by atoms with Gasteiger partial charge in [-0.25, -0.2) is 0 Å². The van der Waals surface area contributed by atoms with Crippen LogP contribution in [0.3, 0.4) is 0 Å². The predicted molar refractivity (Wildman–Crippen MR) is 164 cm³/mol. The van der Waals surface area contributed by atoms with Crippen molar-refractivity contribution in [2.45, 2.75) is 78.1 Å². The fraction of sp³-hybridized carbons (Fsp3) is 0.500. The van der Waals surface area contributed by atoms with Gasteiger partial charge in [0.1, 0.15) is 0 Å². The molecule has 0 aliphatic heterocycles. The van der Waals surface area contributed by atoms with Crippen LogP contribution >= 0.6 is 65.9 Å². The molecule has 0 N–H and O–H groups in total. The van der Waals surface area contributed by atoms with Gasteiger partial charge in [0.15, 0.2) is 0 Å². The van der Waals surface area contributed by atoms with E-state index < -0.39 is 0 Å². The molecule has 202 valence electrons. The Bertz CT molecular complexity index is 1060. The van der Waals surface area contributed by atoms with Gasteiger partial charge >= 0.3 is 11.9 Å². The lowest BCUT2D eigenvalue weighted by Crippen LogP contribution is -2.03. The van der Waals surface area contributed by atoms with Crippen LogP contribution in [0, 0.1) is 0 Å². The summed E-state index contributed by atoms with van der Waals surface area (Å²) >= 11 is 12.8. The lowest BCUT2D eigenvalue weighted by atomic mass is 10.1. The number of thiophene rings is 3. The minimum absolute atomic E-state index is 0.0937. The highest BCUT2D eigenvalue weighted by molar-refractivity contribution is 9.11. The van der Waals surface area contributed by atoms with Crippen LogP contribution in [0.15, 0.2) is 31.8 Å². The van der Waals surface area contributed by atoms with Gasteiger partial charge < -0.3 is 9.47 Å². The van der Waals surface area contributed by atoms with E-state index in [1.807, 2.05) is 25.2 Å². The Hall–Kier alpha value is -1.00. The van der Waals surface area contributed by atoms with Gasteiger partial charge in [-0.15, -0.1) is 34.0 Å². The number of unbranched alkanes of at least 4 members (excludes halogenated alkanes) is 4. The number of carbonyl (C=O) groups excluding carboxylic acids is 2. The third-order valence-electron chi connectivity index (χ3n) is 5.88. The van der Waals surface area contributed by atoms with Gasteiger partial charge in [0.05, 0.1) is 20.8 Å². The summed E-state index contributed by atoms with van der Waals surface area (Å²) in [5.41, 5.74) is 2.74. The Balaban J connectivity index is 1.58. The highest BCUT2D eigenvalue weighted by Gasteiger charge is 2.16. The van der Waals surface area contributed by atoms with Gasteiger partial charge in [0, 0.05) is 32.4 Å². The third kappa shape index (κ3) is 9.92. The summed E-state index contributed by atoms with van der Waals surface area (Å²) in [6.07, 6.45) is 8.95. The van der Waals surface area contributed by atoms with Crippen molar-refractivity contribution in [3.63, 3.8) is 0 Å². The molecular weight excluding hydrogens is 656 g/mol. The molecule has 0 saturated heterocycles. The van der Waals surface area contributed by atoms with Crippen molar-refractivity contribution in [1.82, 2.24) is 0 Å².